The Morgan fingerprint density at radius 3 is 1.88 bits per heavy atom. The maximum absolute atomic E-state index is 12.8. The monoisotopic (exact) mass is 258 g/mol. The Balaban J connectivity index is 0.000000770. The van der Waals surface area contributed by atoms with Crippen LogP contribution in [0.1, 0.15) is 30.9 Å². The highest BCUT2D eigenvalue weighted by Crippen LogP contribution is 2.31. The summed E-state index contributed by atoms with van der Waals surface area (Å²) in [5.74, 6) is -0.963. The summed E-state index contributed by atoms with van der Waals surface area (Å²) < 4.78 is 68.8. The third kappa shape index (κ3) is 5.60. The molecule has 0 radical (unpaired) electrons. The predicted octanol–water partition coefficient (Wildman–Crippen LogP) is 4.85. The topological polar surface area (TPSA) is 0 Å². The highest BCUT2D eigenvalue weighted by atomic mass is 19.4. The average Bonchev–Trinajstić information content (AvgIpc) is 2.16. The molecule has 0 amide bonds. The average molecular weight is 258 g/mol. The molecule has 0 aliphatic carbocycles. The minimum Gasteiger partial charge on any atom is -0.214 e. The molecule has 0 nitrogen and oxygen atoms in total. The molecule has 0 N–H and O–H groups in total. The molecule has 0 aromatic heterocycles. The lowest BCUT2D eigenvalue weighted by Crippen LogP contribution is -2.06. The van der Waals surface area contributed by atoms with Crippen molar-refractivity contribution >= 4 is 0 Å². The van der Waals surface area contributed by atoms with Gasteiger partial charge < -0.3 is 0 Å². The SMILES string of the molecule is CC(C)c1cc(F)cc(C(F)(F)F)c1.FCF. The van der Waals surface area contributed by atoms with Gasteiger partial charge in [-0.25, -0.2) is 13.2 Å². The van der Waals surface area contributed by atoms with Crippen LogP contribution in [0.25, 0.3) is 0 Å². The first-order valence-corrected chi connectivity index (χ1v) is 4.72. The quantitative estimate of drug-likeness (QED) is 0.631. The van der Waals surface area contributed by atoms with Gasteiger partial charge in [-0.15, -0.1) is 0 Å². The summed E-state index contributed by atoms with van der Waals surface area (Å²) in [6.45, 7) is 1.68. The van der Waals surface area contributed by atoms with Crippen LogP contribution in [0.4, 0.5) is 26.3 Å². The second-order valence-corrected chi connectivity index (χ2v) is 3.53. The van der Waals surface area contributed by atoms with E-state index in [-0.39, 0.29) is 5.92 Å². The Bertz CT molecular complexity index is 342. The first kappa shape index (κ1) is 15.8. The molecule has 0 unspecified atom stereocenters. The van der Waals surface area contributed by atoms with Crippen molar-refractivity contribution in [3.05, 3.63) is 35.1 Å². The molecule has 17 heavy (non-hydrogen) atoms. The number of hydrogen-bond acceptors (Lipinski definition) is 0. The lowest BCUT2D eigenvalue weighted by atomic mass is 10.0. The fraction of sp³-hybridized carbons (Fsp3) is 0.455. The molecular formula is C11H12F6. The lowest BCUT2D eigenvalue weighted by molar-refractivity contribution is -0.137. The number of benzene rings is 1. The van der Waals surface area contributed by atoms with E-state index in [9.17, 15) is 26.3 Å². The van der Waals surface area contributed by atoms with Crippen LogP contribution in [0.3, 0.4) is 0 Å². The molecule has 1 rings (SSSR count). The van der Waals surface area contributed by atoms with Crippen LogP contribution in [-0.4, -0.2) is 6.93 Å². The van der Waals surface area contributed by atoms with Crippen LogP contribution in [0.15, 0.2) is 18.2 Å². The van der Waals surface area contributed by atoms with Crippen molar-refractivity contribution in [3.63, 3.8) is 0 Å². The normalized spacial score (nSPS) is 11.1. The minimum absolute atomic E-state index is 0.119. The predicted molar refractivity (Wildman–Crippen MR) is 52.6 cm³/mol. The third-order valence-electron chi connectivity index (χ3n) is 1.91. The Kier molecular flexibility index (Phi) is 6.05. The van der Waals surface area contributed by atoms with Gasteiger partial charge in [0.05, 0.1) is 5.56 Å². The van der Waals surface area contributed by atoms with E-state index in [0.29, 0.717) is 11.6 Å². The van der Waals surface area contributed by atoms with Crippen molar-refractivity contribution in [3.8, 4) is 0 Å². The summed E-state index contributed by atoms with van der Waals surface area (Å²) in [5, 5.41) is 0. The zero-order valence-corrected chi connectivity index (χ0v) is 9.28. The first-order chi connectivity index (χ1) is 7.72. The molecule has 1 aromatic carbocycles. The molecule has 0 atom stereocenters. The van der Waals surface area contributed by atoms with Crippen LogP contribution < -0.4 is 0 Å². The summed E-state index contributed by atoms with van der Waals surface area (Å²) in [4.78, 5) is 0. The van der Waals surface area contributed by atoms with Crippen molar-refractivity contribution in [1.82, 2.24) is 0 Å². The fourth-order valence-corrected chi connectivity index (χ4v) is 1.11. The molecule has 0 bridgehead atoms. The Labute approximate surface area is 95.3 Å². The standard InChI is InChI=1S/C10H10F4.CH2F2/c1-6(2)7-3-8(10(12,13)14)5-9(11)4-7;2-1-3/h3-6H,1-2H3;1H2. The minimum atomic E-state index is -4.48. The van der Waals surface area contributed by atoms with Gasteiger partial charge in [0.2, 0.25) is 6.93 Å². The van der Waals surface area contributed by atoms with Gasteiger partial charge in [0.1, 0.15) is 5.82 Å². The number of alkyl halides is 5. The number of rotatable bonds is 1. The Hall–Kier alpha value is -1.20. The lowest BCUT2D eigenvalue weighted by Gasteiger charge is -2.11. The van der Waals surface area contributed by atoms with E-state index in [1.54, 1.807) is 13.8 Å². The summed E-state index contributed by atoms with van der Waals surface area (Å²) in [5.41, 5.74) is -0.571. The highest BCUT2D eigenvalue weighted by molar-refractivity contribution is 5.28. The van der Waals surface area contributed by atoms with Gasteiger partial charge in [-0.3, -0.25) is 0 Å². The van der Waals surface area contributed by atoms with Crippen LogP contribution in [-0.2, 0) is 6.18 Å². The number of halogens is 6. The van der Waals surface area contributed by atoms with E-state index in [0.717, 1.165) is 12.1 Å². The molecule has 0 aliphatic rings. The maximum atomic E-state index is 12.8. The molecule has 0 spiro atoms. The van der Waals surface area contributed by atoms with Crippen molar-refractivity contribution < 1.29 is 26.3 Å². The second-order valence-electron chi connectivity index (χ2n) is 3.53. The highest BCUT2D eigenvalue weighted by Gasteiger charge is 2.31. The molecule has 98 valence electrons. The Morgan fingerprint density at radius 2 is 1.53 bits per heavy atom. The maximum Gasteiger partial charge on any atom is 0.416 e. The fourth-order valence-electron chi connectivity index (χ4n) is 1.11. The molecule has 6 heteroatoms. The van der Waals surface area contributed by atoms with Crippen LogP contribution in [0, 0.1) is 5.82 Å². The van der Waals surface area contributed by atoms with Gasteiger partial charge in [-0.2, -0.15) is 13.2 Å². The van der Waals surface area contributed by atoms with Gasteiger partial charge in [0.15, 0.2) is 0 Å². The van der Waals surface area contributed by atoms with Crippen LogP contribution >= 0.6 is 0 Å². The van der Waals surface area contributed by atoms with E-state index in [1.807, 2.05) is 0 Å². The van der Waals surface area contributed by atoms with Crippen molar-refractivity contribution in [2.24, 2.45) is 0 Å². The zero-order chi connectivity index (χ0) is 13.6. The van der Waals surface area contributed by atoms with E-state index < -0.39 is 24.5 Å². The zero-order valence-electron chi connectivity index (χ0n) is 9.28. The molecule has 0 saturated carbocycles. The van der Waals surface area contributed by atoms with Gasteiger partial charge in [0, 0.05) is 0 Å². The van der Waals surface area contributed by atoms with Gasteiger partial charge in [-0.05, 0) is 29.7 Å². The molecule has 0 fully saturated rings. The molecular weight excluding hydrogens is 246 g/mol. The third-order valence-corrected chi connectivity index (χ3v) is 1.91. The summed E-state index contributed by atoms with van der Waals surface area (Å²) in [6.07, 6.45) is -4.48. The van der Waals surface area contributed by atoms with Crippen LogP contribution in [0.2, 0.25) is 0 Å². The smallest absolute Gasteiger partial charge is 0.214 e. The summed E-state index contributed by atoms with van der Waals surface area (Å²) in [6, 6.07) is 2.61. The van der Waals surface area contributed by atoms with Crippen molar-refractivity contribution in [2.75, 3.05) is 6.93 Å². The van der Waals surface area contributed by atoms with Crippen molar-refractivity contribution in [2.45, 2.75) is 25.9 Å². The first-order valence-electron chi connectivity index (χ1n) is 4.72. The molecule has 1 aromatic rings. The van der Waals surface area contributed by atoms with E-state index in [1.165, 1.54) is 0 Å². The molecule has 0 aliphatic heterocycles. The van der Waals surface area contributed by atoms with Crippen LogP contribution in [0.5, 0.6) is 0 Å². The van der Waals surface area contributed by atoms with Crippen molar-refractivity contribution in [1.29, 1.82) is 0 Å². The molecule has 0 saturated heterocycles. The molecule has 0 heterocycles. The second kappa shape index (κ2) is 6.51. The summed E-state index contributed by atoms with van der Waals surface area (Å²) in [7, 11) is 0. The van der Waals surface area contributed by atoms with Gasteiger partial charge in [0.25, 0.3) is 0 Å². The largest absolute Gasteiger partial charge is 0.416 e. The van der Waals surface area contributed by atoms with E-state index in [2.05, 4.69) is 0 Å². The van der Waals surface area contributed by atoms with Gasteiger partial charge >= 0.3 is 6.18 Å². The number of hydrogen-bond donors (Lipinski definition) is 0. The summed E-state index contributed by atoms with van der Waals surface area (Å²) >= 11 is 0. The Morgan fingerprint density at radius 1 is 1.06 bits per heavy atom. The van der Waals surface area contributed by atoms with Gasteiger partial charge in [-0.1, -0.05) is 13.8 Å². The van der Waals surface area contributed by atoms with E-state index in [4.69, 9.17) is 0 Å². The van der Waals surface area contributed by atoms with E-state index >= 15 is 0 Å².